The van der Waals surface area contributed by atoms with Gasteiger partial charge in [0.2, 0.25) is 0 Å². The van der Waals surface area contributed by atoms with Gasteiger partial charge in [-0.1, -0.05) is 289 Å². The van der Waals surface area contributed by atoms with Gasteiger partial charge in [-0.15, -0.1) is 0 Å². The Morgan fingerprint density at radius 3 is 0.944 bits per heavy atom. The molecular formula is C119H127Br3ClF3O16. The van der Waals surface area contributed by atoms with Crippen LogP contribution in [0.1, 0.15) is 167 Å². The highest BCUT2D eigenvalue weighted by Crippen LogP contribution is 2.21. The van der Waals surface area contributed by atoms with E-state index in [0.717, 1.165) is 185 Å². The summed E-state index contributed by atoms with van der Waals surface area (Å²) in [6.45, 7) is 4.12. The minimum atomic E-state index is -0.242. The number of phenolic OH excluding ortho intramolecular Hbond substituents is 3. The van der Waals surface area contributed by atoms with Crippen molar-refractivity contribution in [2.45, 2.75) is 181 Å². The zero-order chi connectivity index (χ0) is 104. The van der Waals surface area contributed by atoms with Crippen molar-refractivity contribution in [3.63, 3.8) is 0 Å². The van der Waals surface area contributed by atoms with Crippen molar-refractivity contribution in [2.24, 2.45) is 0 Å². The lowest BCUT2D eigenvalue weighted by Gasteiger charge is -1.99. The normalized spacial score (nSPS) is 9.50. The molecule has 0 aliphatic heterocycles. The summed E-state index contributed by atoms with van der Waals surface area (Å²) in [6.07, 6.45) is 28.7. The summed E-state index contributed by atoms with van der Waals surface area (Å²) in [6, 6.07) is 98.0. The summed E-state index contributed by atoms with van der Waals surface area (Å²) in [5.74, 6) is 0.0882. The molecule has 0 saturated carbocycles. The SMILES string of the molecule is Cc1ccc(CCC=O)cc1.Cc1cccc(CCC=O)c1.O=CCCc1ccc(Br)cc1.O=CCCc1ccc(F)cc1.O=CCCc1ccc(O)cc1.O=CCCc1cccc(Br)c1.O=CCCc1cccc(Cl)c1.O=CCCc1cccc(F)c1.O=CCCc1cccc(O)c1.O=CCCc1ccccc1.O=CCCc1ccccc1Br.O=CCCc1ccccc1F.O=CCCc1ccccc1O. The molecule has 0 aromatic heterocycles. The highest BCUT2D eigenvalue weighted by Gasteiger charge is 2.04. The first-order valence-corrected chi connectivity index (χ1v) is 49.0. The molecule has 23 heteroatoms. The zero-order valence-electron chi connectivity index (χ0n) is 80.3. The number of para-hydroxylation sites is 1. The van der Waals surface area contributed by atoms with E-state index in [2.05, 4.69) is 104 Å². The minimum absolute atomic E-state index is 0.227. The summed E-state index contributed by atoms with van der Waals surface area (Å²) in [5, 5.41) is 27.9. The number of aryl methyl sites for hydroxylation is 15. The van der Waals surface area contributed by atoms with Gasteiger partial charge in [0.15, 0.2) is 0 Å². The molecule has 13 rings (SSSR count). The van der Waals surface area contributed by atoms with Gasteiger partial charge in [0.05, 0.1) is 0 Å². The average molecular weight is 2150 g/mol. The lowest BCUT2D eigenvalue weighted by atomic mass is 10.1. The minimum Gasteiger partial charge on any atom is -0.508 e. The van der Waals surface area contributed by atoms with E-state index in [9.17, 15) is 80.6 Å². The van der Waals surface area contributed by atoms with E-state index in [-0.39, 0.29) is 34.7 Å². The molecule has 0 spiro atoms. The topological polar surface area (TPSA) is 283 Å². The van der Waals surface area contributed by atoms with Gasteiger partial charge in [-0.25, -0.2) is 13.2 Å². The highest BCUT2D eigenvalue weighted by molar-refractivity contribution is 9.11. The first-order chi connectivity index (χ1) is 68.9. The fourth-order valence-corrected chi connectivity index (χ4v) is 13.5. The second-order valence-corrected chi connectivity index (χ2v) is 34.0. The Labute approximate surface area is 864 Å². The first-order valence-electron chi connectivity index (χ1n) is 46.2. The molecule has 13 aromatic carbocycles. The highest BCUT2D eigenvalue weighted by atomic mass is 79.9. The van der Waals surface area contributed by atoms with Crippen LogP contribution in [-0.4, -0.2) is 97.0 Å². The lowest BCUT2D eigenvalue weighted by molar-refractivity contribution is -0.108. The van der Waals surface area contributed by atoms with Crippen LogP contribution in [0.4, 0.5) is 13.2 Å². The number of hydrogen-bond acceptors (Lipinski definition) is 16. The van der Waals surface area contributed by atoms with Gasteiger partial charge >= 0.3 is 0 Å². The largest absolute Gasteiger partial charge is 0.508 e. The molecule has 16 nitrogen and oxygen atoms in total. The van der Waals surface area contributed by atoms with Crippen molar-refractivity contribution >= 4 is 141 Å². The summed E-state index contributed by atoms with van der Waals surface area (Å²) in [4.78, 5) is 130. The molecule has 0 bridgehead atoms. The van der Waals surface area contributed by atoms with Crippen LogP contribution in [0.5, 0.6) is 17.2 Å². The van der Waals surface area contributed by atoms with Gasteiger partial charge in [-0.05, 0) is 273 Å². The van der Waals surface area contributed by atoms with Crippen molar-refractivity contribution in [3.05, 3.63) is 441 Å². The lowest BCUT2D eigenvalue weighted by Crippen LogP contribution is -1.89. The van der Waals surface area contributed by atoms with Crippen LogP contribution in [0.25, 0.3) is 0 Å². The number of rotatable bonds is 39. The molecule has 0 heterocycles. The van der Waals surface area contributed by atoms with E-state index < -0.39 is 0 Å². The van der Waals surface area contributed by atoms with Crippen LogP contribution in [0.15, 0.2) is 335 Å². The molecule has 0 aliphatic carbocycles. The quantitative estimate of drug-likeness (QED) is 0.0302. The maximum Gasteiger partial charge on any atom is 0.126 e. The monoisotopic (exact) mass is 2140 g/mol. The van der Waals surface area contributed by atoms with E-state index >= 15 is 0 Å². The molecule has 3 N–H and O–H groups in total. The molecule has 0 atom stereocenters. The van der Waals surface area contributed by atoms with Crippen LogP contribution >= 0.6 is 59.4 Å². The van der Waals surface area contributed by atoms with Crippen LogP contribution in [0, 0.1) is 31.3 Å². The third-order valence-corrected chi connectivity index (χ3v) is 21.4. The Bertz CT molecular complexity index is 4960. The third-order valence-electron chi connectivity index (χ3n) is 19.4. The van der Waals surface area contributed by atoms with E-state index in [1.807, 2.05) is 170 Å². The number of benzene rings is 13. The number of aldehydes is 13. The van der Waals surface area contributed by atoms with Crippen molar-refractivity contribution in [2.75, 3.05) is 0 Å². The summed E-state index contributed by atoms with van der Waals surface area (Å²) in [5.41, 5.74) is 16.3. The van der Waals surface area contributed by atoms with E-state index in [4.69, 9.17) is 21.8 Å². The van der Waals surface area contributed by atoms with Crippen molar-refractivity contribution < 1.29 is 90.8 Å². The van der Waals surface area contributed by atoms with Gasteiger partial charge in [-0.2, -0.15) is 0 Å². The summed E-state index contributed by atoms with van der Waals surface area (Å²) < 4.78 is 40.9. The van der Waals surface area contributed by atoms with Crippen molar-refractivity contribution in [1.82, 2.24) is 0 Å². The van der Waals surface area contributed by atoms with E-state index in [1.165, 1.54) is 74.8 Å². The van der Waals surface area contributed by atoms with Crippen molar-refractivity contribution in [3.8, 4) is 17.2 Å². The predicted molar refractivity (Wildman–Crippen MR) is 573 cm³/mol. The Hall–Kier alpha value is -13.5. The molecule has 748 valence electrons. The molecule has 0 unspecified atom stereocenters. The summed E-state index contributed by atoms with van der Waals surface area (Å²) >= 11 is 15.9. The van der Waals surface area contributed by atoms with Crippen LogP contribution in [0.2, 0.25) is 5.02 Å². The molecule has 0 amide bonds. The smallest absolute Gasteiger partial charge is 0.126 e. The van der Waals surface area contributed by atoms with Gasteiger partial charge in [0.25, 0.3) is 0 Å². The molecule has 0 saturated heterocycles. The van der Waals surface area contributed by atoms with Crippen LogP contribution in [-0.2, 0) is 146 Å². The fourth-order valence-electron chi connectivity index (χ4n) is 12.0. The number of halogens is 7. The number of hydrogen-bond donors (Lipinski definition) is 3. The van der Waals surface area contributed by atoms with E-state index in [1.54, 1.807) is 78.9 Å². The number of carbonyl (C=O) groups excluding carboxylic acids is 13. The fraction of sp³-hybridized carbons (Fsp3) is 0.235. The molecule has 0 radical (unpaired) electrons. The van der Waals surface area contributed by atoms with Crippen LogP contribution in [0.3, 0.4) is 0 Å². The Morgan fingerprint density at radius 2 is 0.535 bits per heavy atom. The maximum atomic E-state index is 12.8. The molecule has 0 fully saturated rings. The second-order valence-electron chi connectivity index (χ2n) is 30.9. The van der Waals surface area contributed by atoms with Gasteiger partial charge in [-0.3, -0.25) is 0 Å². The van der Waals surface area contributed by atoms with Gasteiger partial charge < -0.3 is 77.6 Å². The van der Waals surface area contributed by atoms with Gasteiger partial charge in [0, 0.05) is 102 Å². The Balaban J connectivity index is 0.000000769. The molecule has 13 aromatic rings. The third kappa shape index (κ3) is 69.3. The van der Waals surface area contributed by atoms with E-state index in [0.29, 0.717) is 121 Å². The van der Waals surface area contributed by atoms with Crippen LogP contribution < -0.4 is 0 Å². The summed E-state index contributed by atoms with van der Waals surface area (Å²) in [7, 11) is 0. The number of aromatic hydroxyl groups is 3. The number of carbonyl (C=O) groups is 13. The second kappa shape index (κ2) is 86.6. The van der Waals surface area contributed by atoms with Gasteiger partial charge in [0.1, 0.15) is 116 Å². The predicted octanol–water partition coefficient (Wildman–Crippen LogP) is 26.7. The standard InChI is InChI=1S/2C10H12O.3C9H9BrO.C9H9ClO.3C9H9FO.3C9H10O2.C9H10O/c1-9-4-2-5-10(8-9)6-3-7-11;1-9-4-6-10(7-5-9)3-2-8-11;10-9-5-1-3-8(7-9)4-2-6-11;10-9-5-3-8(4-6-9)2-1-7-11;10-9-6-2-1-4-8(9)5-3-7-11;2*10-9-5-1-3-8(7-9)4-2-6-11;10-9-5-3-8(4-6-9)2-1-7-11;10-9-6-2-1-4-8(9)5-3-7-11;10-6-2-4-8-3-1-5-9(11)7-8;10-7-1-2-8-3-5-9(11)6-4-8;10-7-3-5-8-4-1-2-6-9(8)11;10-8-4-7-9-5-2-1-3-6-9/h2,4-5,7-8H,3,6H2,1H3;4-8H,2-3H2,1H3;1,3,5-7H,2,4H2;3-7H,1-2H2;1-2,4,6-7H,3,5H2;2*1,3,5-7H,2,4H2;3-7H,1-2H2;1-2,4,6-7H,3,5H2;1,3,5-7,11H,2,4H2;3-7,11H,1-2H2;1-2,4,6-7,11H,3,5H2;1-3,5-6,8H,4,7H2. The Morgan fingerprint density at radius 1 is 0.225 bits per heavy atom. The first kappa shape index (κ1) is 126. The molecule has 142 heavy (non-hydrogen) atoms. The van der Waals surface area contributed by atoms with Crippen molar-refractivity contribution in [1.29, 1.82) is 0 Å². The zero-order valence-corrected chi connectivity index (χ0v) is 85.8. The number of phenols is 3. The maximum absolute atomic E-state index is 12.8. The Kier molecular flexibility index (Phi) is 77.1. The average Bonchev–Trinajstić information content (AvgIpc) is 0.910. The molecule has 0 aliphatic rings. The molecular weight excluding hydrogens is 2020 g/mol.